The van der Waals surface area contributed by atoms with Gasteiger partial charge in [0, 0.05) is 13.2 Å². The van der Waals surface area contributed by atoms with Gasteiger partial charge < -0.3 is 10.1 Å². The Bertz CT molecular complexity index is 371. The molecule has 2 rings (SSSR count). The molecule has 0 spiro atoms. The fourth-order valence-electron chi connectivity index (χ4n) is 3.09. The summed E-state index contributed by atoms with van der Waals surface area (Å²) in [7, 11) is 0. The monoisotopic (exact) mass is 275 g/mol. The van der Waals surface area contributed by atoms with Crippen molar-refractivity contribution in [1.29, 1.82) is 0 Å². The Morgan fingerprint density at radius 2 is 1.85 bits per heavy atom. The van der Waals surface area contributed by atoms with Crippen LogP contribution < -0.4 is 5.32 Å². The SMILES string of the molecule is CCOCc1ccccc1CNCCC1CCCCC1. The summed E-state index contributed by atoms with van der Waals surface area (Å²) < 4.78 is 5.53. The Kier molecular flexibility index (Phi) is 7.10. The molecule has 0 atom stereocenters. The number of ether oxygens (including phenoxy) is 1. The molecular weight excluding hydrogens is 246 g/mol. The van der Waals surface area contributed by atoms with Crippen molar-refractivity contribution in [2.45, 2.75) is 58.6 Å². The molecule has 1 aliphatic rings. The predicted molar refractivity (Wildman–Crippen MR) is 84.7 cm³/mol. The van der Waals surface area contributed by atoms with Gasteiger partial charge in [-0.1, -0.05) is 56.4 Å². The highest BCUT2D eigenvalue weighted by Gasteiger charge is 2.12. The molecule has 1 saturated carbocycles. The van der Waals surface area contributed by atoms with Gasteiger partial charge in [-0.2, -0.15) is 0 Å². The summed E-state index contributed by atoms with van der Waals surface area (Å²) in [6, 6.07) is 8.60. The summed E-state index contributed by atoms with van der Waals surface area (Å²) in [5, 5.41) is 3.61. The molecule has 0 heterocycles. The Morgan fingerprint density at radius 3 is 2.60 bits per heavy atom. The zero-order valence-electron chi connectivity index (χ0n) is 12.9. The third-order valence-electron chi connectivity index (χ3n) is 4.35. The summed E-state index contributed by atoms with van der Waals surface area (Å²) >= 11 is 0. The Labute approximate surface area is 123 Å². The Morgan fingerprint density at radius 1 is 1.10 bits per heavy atom. The Hall–Kier alpha value is -0.860. The highest BCUT2D eigenvalue weighted by atomic mass is 16.5. The van der Waals surface area contributed by atoms with Crippen molar-refractivity contribution in [1.82, 2.24) is 5.32 Å². The van der Waals surface area contributed by atoms with E-state index in [1.54, 1.807) is 0 Å². The Balaban J connectivity index is 1.70. The first kappa shape index (κ1) is 15.5. The minimum Gasteiger partial charge on any atom is -0.377 e. The minimum atomic E-state index is 0.733. The van der Waals surface area contributed by atoms with E-state index in [9.17, 15) is 0 Å². The average molecular weight is 275 g/mol. The van der Waals surface area contributed by atoms with Gasteiger partial charge in [0.05, 0.1) is 6.61 Å². The molecule has 0 bridgehead atoms. The van der Waals surface area contributed by atoms with Crippen LogP contribution in [0.25, 0.3) is 0 Å². The highest BCUT2D eigenvalue weighted by Crippen LogP contribution is 2.25. The largest absolute Gasteiger partial charge is 0.377 e. The van der Waals surface area contributed by atoms with Gasteiger partial charge in [-0.3, -0.25) is 0 Å². The van der Waals surface area contributed by atoms with Crippen molar-refractivity contribution in [3.05, 3.63) is 35.4 Å². The van der Waals surface area contributed by atoms with Gasteiger partial charge in [0.25, 0.3) is 0 Å². The average Bonchev–Trinajstić information content (AvgIpc) is 2.51. The molecule has 1 aromatic carbocycles. The first-order valence-electron chi connectivity index (χ1n) is 8.25. The van der Waals surface area contributed by atoms with Gasteiger partial charge in [-0.25, -0.2) is 0 Å². The second kappa shape index (κ2) is 9.15. The standard InChI is InChI=1S/C18H29NO/c1-2-20-15-18-11-7-6-10-17(18)14-19-13-12-16-8-4-3-5-9-16/h6-7,10-11,16,19H,2-5,8-9,12-15H2,1H3. The molecule has 112 valence electrons. The summed E-state index contributed by atoms with van der Waals surface area (Å²) in [4.78, 5) is 0. The molecule has 0 amide bonds. The fraction of sp³-hybridized carbons (Fsp3) is 0.667. The number of hydrogen-bond donors (Lipinski definition) is 1. The summed E-state index contributed by atoms with van der Waals surface area (Å²) in [5.41, 5.74) is 2.70. The van der Waals surface area contributed by atoms with Crippen LogP contribution in [0.5, 0.6) is 0 Å². The van der Waals surface area contributed by atoms with E-state index in [-0.39, 0.29) is 0 Å². The van der Waals surface area contributed by atoms with Crippen molar-refractivity contribution in [2.24, 2.45) is 5.92 Å². The lowest BCUT2D eigenvalue weighted by molar-refractivity contribution is 0.133. The van der Waals surface area contributed by atoms with Gasteiger partial charge in [-0.15, -0.1) is 0 Å². The van der Waals surface area contributed by atoms with Crippen LogP contribution in [0.15, 0.2) is 24.3 Å². The van der Waals surface area contributed by atoms with Gasteiger partial charge in [0.15, 0.2) is 0 Å². The van der Waals surface area contributed by atoms with E-state index in [4.69, 9.17) is 4.74 Å². The van der Waals surface area contributed by atoms with Gasteiger partial charge in [0.1, 0.15) is 0 Å². The van der Waals surface area contributed by atoms with Crippen LogP contribution in [0.4, 0.5) is 0 Å². The topological polar surface area (TPSA) is 21.3 Å². The molecule has 0 aliphatic heterocycles. The predicted octanol–water partition coefficient (Wildman–Crippen LogP) is 4.28. The van der Waals surface area contributed by atoms with E-state index in [1.165, 1.54) is 49.7 Å². The van der Waals surface area contributed by atoms with Crippen LogP contribution in [0.3, 0.4) is 0 Å². The normalized spacial score (nSPS) is 16.4. The van der Waals surface area contributed by atoms with Crippen molar-refractivity contribution in [3.63, 3.8) is 0 Å². The quantitative estimate of drug-likeness (QED) is 0.715. The van der Waals surface area contributed by atoms with Crippen LogP contribution in [0, 0.1) is 5.92 Å². The first-order valence-corrected chi connectivity index (χ1v) is 8.25. The van der Waals surface area contributed by atoms with Crippen molar-refractivity contribution in [2.75, 3.05) is 13.2 Å². The molecule has 1 aliphatic carbocycles. The zero-order valence-corrected chi connectivity index (χ0v) is 12.9. The van der Waals surface area contributed by atoms with Crippen molar-refractivity contribution in [3.8, 4) is 0 Å². The third kappa shape index (κ3) is 5.26. The lowest BCUT2D eigenvalue weighted by Crippen LogP contribution is -2.19. The molecule has 1 aromatic rings. The van der Waals surface area contributed by atoms with Crippen LogP contribution in [0.1, 0.15) is 56.6 Å². The molecule has 0 saturated heterocycles. The molecule has 0 aromatic heterocycles. The number of hydrogen-bond acceptors (Lipinski definition) is 2. The van der Waals surface area contributed by atoms with Gasteiger partial charge in [-0.05, 0) is 36.9 Å². The third-order valence-corrected chi connectivity index (χ3v) is 4.35. The summed E-state index contributed by atoms with van der Waals surface area (Å²) in [6.07, 6.45) is 8.58. The molecule has 1 N–H and O–H groups in total. The van der Waals surface area contributed by atoms with Crippen molar-refractivity contribution >= 4 is 0 Å². The number of benzene rings is 1. The van der Waals surface area contributed by atoms with E-state index in [2.05, 4.69) is 29.6 Å². The van der Waals surface area contributed by atoms with E-state index >= 15 is 0 Å². The second-order valence-corrected chi connectivity index (χ2v) is 5.88. The van der Waals surface area contributed by atoms with E-state index in [1.807, 2.05) is 6.92 Å². The molecule has 20 heavy (non-hydrogen) atoms. The maximum atomic E-state index is 5.53. The van der Waals surface area contributed by atoms with Crippen LogP contribution in [0.2, 0.25) is 0 Å². The molecule has 2 nitrogen and oxygen atoms in total. The highest BCUT2D eigenvalue weighted by molar-refractivity contribution is 5.26. The molecule has 0 unspecified atom stereocenters. The molecule has 2 heteroatoms. The lowest BCUT2D eigenvalue weighted by atomic mass is 9.87. The fourth-order valence-corrected chi connectivity index (χ4v) is 3.09. The number of rotatable bonds is 8. The molecular formula is C18H29NO. The summed E-state index contributed by atoms with van der Waals surface area (Å²) in [5.74, 6) is 0.968. The van der Waals surface area contributed by atoms with E-state index in [0.717, 1.165) is 32.2 Å². The van der Waals surface area contributed by atoms with Crippen LogP contribution >= 0.6 is 0 Å². The molecule has 1 fully saturated rings. The van der Waals surface area contributed by atoms with E-state index in [0.29, 0.717) is 0 Å². The maximum Gasteiger partial charge on any atom is 0.0719 e. The number of nitrogens with one attached hydrogen (secondary N) is 1. The zero-order chi connectivity index (χ0) is 14.0. The smallest absolute Gasteiger partial charge is 0.0719 e. The van der Waals surface area contributed by atoms with Crippen LogP contribution in [-0.4, -0.2) is 13.2 Å². The summed E-state index contributed by atoms with van der Waals surface area (Å²) in [6.45, 7) is 5.68. The van der Waals surface area contributed by atoms with Gasteiger partial charge >= 0.3 is 0 Å². The van der Waals surface area contributed by atoms with Crippen molar-refractivity contribution < 1.29 is 4.74 Å². The molecule has 0 radical (unpaired) electrons. The van der Waals surface area contributed by atoms with Gasteiger partial charge in [0.2, 0.25) is 0 Å². The second-order valence-electron chi connectivity index (χ2n) is 5.88. The minimum absolute atomic E-state index is 0.733. The first-order chi connectivity index (χ1) is 9.90. The lowest BCUT2D eigenvalue weighted by Gasteiger charge is -2.21. The van der Waals surface area contributed by atoms with Crippen LogP contribution in [-0.2, 0) is 17.9 Å². The van der Waals surface area contributed by atoms with E-state index < -0.39 is 0 Å². The maximum absolute atomic E-state index is 5.53.